The predicted molar refractivity (Wildman–Crippen MR) is 72.9 cm³/mol. The van der Waals surface area contributed by atoms with Crippen LogP contribution in [0.5, 0.6) is 0 Å². The number of benzene rings is 1. The van der Waals surface area contributed by atoms with Crippen molar-refractivity contribution in [3.8, 4) is 0 Å². The fraction of sp³-hybridized carbons (Fsp3) is 0.571. The highest BCUT2D eigenvalue weighted by Gasteiger charge is 2.35. The zero-order valence-electron chi connectivity index (χ0n) is 10.6. The molecule has 1 fully saturated rings. The van der Waals surface area contributed by atoms with Gasteiger partial charge in [-0.05, 0) is 32.1 Å². The second kappa shape index (κ2) is 5.40. The van der Waals surface area contributed by atoms with Crippen LogP contribution in [0.1, 0.15) is 30.4 Å². The van der Waals surface area contributed by atoms with Crippen molar-refractivity contribution in [1.82, 2.24) is 5.32 Å². The molecule has 0 atom stereocenters. The van der Waals surface area contributed by atoms with Gasteiger partial charge in [0, 0.05) is 23.4 Å². The van der Waals surface area contributed by atoms with Crippen molar-refractivity contribution in [2.45, 2.75) is 37.5 Å². The molecule has 1 nitrogen and oxygen atoms in total. The van der Waals surface area contributed by atoms with Crippen molar-refractivity contribution in [1.29, 1.82) is 0 Å². The van der Waals surface area contributed by atoms with Crippen LogP contribution >= 0.6 is 11.8 Å². The monoisotopic (exact) mass is 253 g/mol. The molecular formula is C14H20FNS. The number of halogens is 1. The molecule has 0 unspecified atom stereocenters. The summed E-state index contributed by atoms with van der Waals surface area (Å²) in [5.41, 5.74) is 1.90. The maximum Gasteiger partial charge on any atom is 0.127 e. The number of rotatable bonds is 5. The molecule has 17 heavy (non-hydrogen) atoms. The van der Waals surface area contributed by atoms with Gasteiger partial charge in [-0.15, -0.1) is 0 Å². The van der Waals surface area contributed by atoms with Crippen molar-refractivity contribution in [2.75, 3.05) is 12.8 Å². The lowest BCUT2D eigenvalue weighted by atomic mass is 9.84. The zero-order chi connectivity index (χ0) is 12.3. The van der Waals surface area contributed by atoms with Crippen molar-refractivity contribution in [3.05, 3.63) is 35.1 Å². The molecule has 0 aromatic heterocycles. The SMILES string of the molecule is CSC1(CNCc2cc(C)ccc2F)CCC1. The molecule has 0 bridgehead atoms. The molecule has 1 aliphatic rings. The minimum Gasteiger partial charge on any atom is -0.311 e. The fourth-order valence-corrected chi connectivity index (χ4v) is 3.23. The van der Waals surface area contributed by atoms with Crippen LogP contribution in [0, 0.1) is 12.7 Å². The van der Waals surface area contributed by atoms with Crippen molar-refractivity contribution >= 4 is 11.8 Å². The summed E-state index contributed by atoms with van der Waals surface area (Å²) < 4.78 is 13.9. The lowest BCUT2D eigenvalue weighted by Crippen LogP contribution is -2.43. The molecule has 3 heteroatoms. The smallest absolute Gasteiger partial charge is 0.127 e. The molecule has 1 saturated carbocycles. The highest BCUT2D eigenvalue weighted by atomic mass is 32.2. The van der Waals surface area contributed by atoms with Crippen LogP contribution in [0.4, 0.5) is 4.39 Å². The first kappa shape index (κ1) is 12.9. The topological polar surface area (TPSA) is 12.0 Å². The van der Waals surface area contributed by atoms with E-state index in [-0.39, 0.29) is 5.82 Å². The van der Waals surface area contributed by atoms with Gasteiger partial charge in [-0.1, -0.05) is 24.1 Å². The van der Waals surface area contributed by atoms with Gasteiger partial charge < -0.3 is 5.32 Å². The first-order chi connectivity index (χ1) is 8.15. The van der Waals surface area contributed by atoms with E-state index in [9.17, 15) is 4.39 Å². The Morgan fingerprint density at radius 1 is 1.41 bits per heavy atom. The third kappa shape index (κ3) is 3.02. The maximum absolute atomic E-state index is 13.5. The minimum atomic E-state index is -0.102. The number of hydrogen-bond acceptors (Lipinski definition) is 2. The van der Waals surface area contributed by atoms with Crippen molar-refractivity contribution in [2.24, 2.45) is 0 Å². The van der Waals surface area contributed by atoms with E-state index in [0.717, 1.165) is 17.7 Å². The average Bonchev–Trinajstić information content (AvgIpc) is 2.27. The van der Waals surface area contributed by atoms with Gasteiger partial charge in [-0.2, -0.15) is 11.8 Å². The molecule has 0 amide bonds. The Labute approximate surface area is 107 Å². The van der Waals surface area contributed by atoms with Crippen LogP contribution < -0.4 is 5.32 Å². The van der Waals surface area contributed by atoms with Gasteiger partial charge in [0.15, 0.2) is 0 Å². The highest BCUT2D eigenvalue weighted by molar-refractivity contribution is 8.00. The summed E-state index contributed by atoms with van der Waals surface area (Å²) >= 11 is 1.95. The van der Waals surface area contributed by atoms with Crippen LogP contribution in [0.3, 0.4) is 0 Å². The van der Waals surface area contributed by atoms with E-state index in [2.05, 4.69) is 11.6 Å². The van der Waals surface area contributed by atoms with Crippen molar-refractivity contribution < 1.29 is 4.39 Å². The molecule has 1 aliphatic carbocycles. The summed E-state index contributed by atoms with van der Waals surface area (Å²) in [5.74, 6) is -0.102. The fourth-order valence-electron chi connectivity index (χ4n) is 2.29. The largest absolute Gasteiger partial charge is 0.311 e. The van der Waals surface area contributed by atoms with E-state index in [1.54, 1.807) is 6.07 Å². The molecule has 0 saturated heterocycles. The summed E-state index contributed by atoms with van der Waals surface area (Å²) in [5, 5.41) is 3.40. The highest BCUT2D eigenvalue weighted by Crippen LogP contribution is 2.42. The Bertz CT molecular complexity index is 382. The van der Waals surface area contributed by atoms with E-state index >= 15 is 0 Å². The predicted octanol–water partition coefficient (Wildman–Crippen LogP) is 3.51. The lowest BCUT2D eigenvalue weighted by molar-refractivity contribution is 0.344. The van der Waals surface area contributed by atoms with Gasteiger partial charge in [0.2, 0.25) is 0 Å². The Balaban J connectivity index is 1.87. The molecule has 2 rings (SSSR count). The van der Waals surface area contributed by atoms with E-state index in [0.29, 0.717) is 11.3 Å². The summed E-state index contributed by atoms with van der Waals surface area (Å²) in [7, 11) is 0. The molecular weight excluding hydrogens is 233 g/mol. The van der Waals surface area contributed by atoms with Gasteiger partial charge in [0.05, 0.1) is 0 Å². The Morgan fingerprint density at radius 3 is 2.76 bits per heavy atom. The van der Waals surface area contributed by atoms with Gasteiger partial charge in [0.1, 0.15) is 5.82 Å². The zero-order valence-corrected chi connectivity index (χ0v) is 11.4. The third-order valence-corrected chi connectivity index (χ3v) is 5.08. The normalized spacial score (nSPS) is 17.8. The Kier molecular flexibility index (Phi) is 4.10. The molecule has 94 valence electrons. The third-order valence-electron chi connectivity index (χ3n) is 3.66. The Morgan fingerprint density at radius 2 is 2.18 bits per heavy atom. The molecule has 1 N–H and O–H groups in total. The summed E-state index contributed by atoms with van der Waals surface area (Å²) in [6, 6.07) is 5.29. The number of thioether (sulfide) groups is 1. The molecule has 0 heterocycles. The minimum absolute atomic E-state index is 0.102. The van der Waals surface area contributed by atoms with Crippen LogP contribution in [0.25, 0.3) is 0 Å². The molecule has 1 aromatic rings. The molecule has 0 spiro atoms. The van der Waals surface area contributed by atoms with Crippen LogP contribution in [0.15, 0.2) is 18.2 Å². The van der Waals surface area contributed by atoms with E-state index in [1.165, 1.54) is 19.3 Å². The first-order valence-electron chi connectivity index (χ1n) is 6.16. The lowest BCUT2D eigenvalue weighted by Gasteiger charge is -2.40. The number of aryl methyl sites for hydroxylation is 1. The average molecular weight is 253 g/mol. The van der Waals surface area contributed by atoms with E-state index in [1.807, 2.05) is 30.8 Å². The van der Waals surface area contributed by atoms with Gasteiger partial charge >= 0.3 is 0 Å². The quantitative estimate of drug-likeness (QED) is 0.862. The van der Waals surface area contributed by atoms with E-state index in [4.69, 9.17) is 0 Å². The van der Waals surface area contributed by atoms with Crippen LogP contribution in [-0.4, -0.2) is 17.5 Å². The summed E-state index contributed by atoms with van der Waals surface area (Å²) in [6.07, 6.45) is 6.09. The van der Waals surface area contributed by atoms with Crippen LogP contribution in [0.2, 0.25) is 0 Å². The molecule has 0 aliphatic heterocycles. The van der Waals surface area contributed by atoms with Crippen molar-refractivity contribution in [3.63, 3.8) is 0 Å². The van der Waals surface area contributed by atoms with Gasteiger partial charge in [0.25, 0.3) is 0 Å². The van der Waals surface area contributed by atoms with Gasteiger partial charge in [-0.3, -0.25) is 0 Å². The summed E-state index contributed by atoms with van der Waals surface area (Å²) in [4.78, 5) is 0. The Hall–Kier alpha value is -0.540. The number of hydrogen-bond donors (Lipinski definition) is 1. The standard InChI is InChI=1S/C14H20FNS/c1-11-4-5-13(15)12(8-11)9-16-10-14(17-2)6-3-7-14/h4-5,8,16H,3,6-7,9-10H2,1-2H3. The first-order valence-corrected chi connectivity index (χ1v) is 7.39. The maximum atomic E-state index is 13.5. The van der Waals surface area contributed by atoms with Crippen LogP contribution in [-0.2, 0) is 6.54 Å². The van der Waals surface area contributed by atoms with Gasteiger partial charge in [-0.25, -0.2) is 4.39 Å². The number of nitrogens with one attached hydrogen (secondary N) is 1. The summed E-state index contributed by atoms with van der Waals surface area (Å²) in [6.45, 7) is 3.62. The molecule has 1 aromatic carbocycles. The molecule has 0 radical (unpaired) electrons. The van der Waals surface area contributed by atoms with E-state index < -0.39 is 0 Å². The second-order valence-electron chi connectivity index (χ2n) is 4.94. The second-order valence-corrected chi connectivity index (χ2v) is 6.21.